The molecule has 2 unspecified atom stereocenters. The number of fused-ring (bicyclic) bond motifs is 5. The Morgan fingerprint density at radius 2 is 1.94 bits per heavy atom. The lowest BCUT2D eigenvalue weighted by molar-refractivity contribution is -0.153. The summed E-state index contributed by atoms with van der Waals surface area (Å²) in [4.78, 5) is 32.6. The van der Waals surface area contributed by atoms with Gasteiger partial charge in [-0.05, 0) is 55.8 Å². The zero-order valence-corrected chi connectivity index (χ0v) is 28.5. The summed E-state index contributed by atoms with van der Waals surface area (Å²) >= 11 is 0. The number of ether oxygens (including phenoxy) is 2. The molecule has 6 heterocycles. The van der Waals surface area contributed by atoms with E-state index < -0.39 is 23.3 Å². The van der Waals surface area contributed by atoms with Crippen molar-refractivity contribution >= 4 is 33.5 Å². The molecule has 0 saturated carbocycles. The summed E-state index contributed by atoms with van der Waals surface area (Å²) < 4.78 is 58.3. The number of aromatic nitrogens is 3. The summed E-state index contributed by atoms with van der Waals surface area (Å²) in [5.74, 6) is 0.684. The molecule has 4 atom stereocenters. The summed E-state index contributed by atoms with van der Waals surface area (Å²) in [6.45, 7) is 6.17. The van der Waals surface area contributed by atoms with Crippen molar-refractivity contribution in [3.63, 3.8) is 0 Å². The van der Waals surface area contributed by atoms with Gasteiger partial charge in [-0.15, -0.1) is 6.42 Å². The molecule has 2 aromatic heterocycles. The predicted octanol–water partition coefficient (Wildman–Crippen LogP) is 5.58. The Morgan fingerprint density at radius 3 is 2.69 bits per heavy atom. The number of carbonyl (C=O) groups excluding carboxylic acids is 1. The minimum Gasteiger partial charge on any atom is -0.508 e. The van der Waals surface area contributed by atoms with Gasteiger partial charge in [0.25, 0.3) is 0 Å². The van der Waals surface area contributed by atoms with Gasteiger partial charge in [-0.25, -0.2) is 13.2 Å². The maximum absolute atomic E-state index is 17.0. The van der Waals surface area contributed by atoms with Crippen LogP contribution in [0.4, 0.5) is 19.0 Å². The molecule has 2 bridgehead atoms. The zero-order chi connectivity index (χ0) is 35.6. The summed E-state index contributed by atoms with van der Waals surface area (Å²) in [7, 11) is 0. The fourth-order valence-corrected chi connectivity index (χ4v) is 8.59. The second-order valence-electron chi connectivity index (χ2n) is 14.6. The fourth-order valence-electron chi connectivity index (χ4n) is 8.59. The molecule has 10 nitrogen and oxygen atoms in total. The lowest BCUT2D eigenvalue weighted by atomic mass is 9.95. The van der Waals surface area contributed by atoms with Crippen LogP contribution in [-0.4, -0.2) is 99.1 Å². The number of hydrogen-bond donors (Lipinski definition) is 1. The van der Waals surface area contributed by atoms with Crippen molar-refractivity contribution in [2.75, 3.05) is 44.4 Å². The number of halogens is 3. The van der Waals surface area contributed by atoms with Gasteiger partial charge in [0, 0.05) is 55.3 Å². The molecule has 13 heteroatoms. The van der Waals surface area contributed by atoms with Crippen molar-refractivity contribution in [2.24, 2.45) is 5.92 Å². The Balaban J connectivity index is 1.21. The van der Waals surface area contributed by atoms with E-state index in [9.17, 15) is 18.7 Å². The highest BCUT2D eigenvalue weighted by Gasteiger charge is 2.49. The van der Waals surface area contributed by atoms with E-state index in [1.165, 1.54) is 30.5 Å². The zero-order valence-electron chi connectivity index (χ0n) is 28.5. The summed E-state index contributed by atoms with van der Waals surface area (Å²) in [5.41, 5.74) is -0.677. The first-order valence-corrected chi connectivity index (χ1v) is 17.5. The number of terminal acetylenes is 1. The smallest absolute Gasteiger partial charge is 0.319 e. The highest BCUT2D eigenvalue weighted by molar-refractivity contribution is 6.03. The summed E-state index contributed by atoms with van der Waals surface area (Å²) in [6.07, 6.45) is 10.1. The van der Waals surface area contributed by atoms with Gasteiger partial charge >= 0.3 is 12.0 Å². The number of phenols is 1. The highest BCUT2D eigenvalue weighted by Crippen LogP contribution is 2.42. The first-order valence-electron chi connectivity index (χ1n) is 17.5. The summed E-state index contributed by atoms with van der Waals surface area (Å²) in [6, 6.07) is 5.49. The van der Waals surface area contributed by atoms with Crippen molar-refractivity contribution < 1.29 is 32.5 Å². The van der Waals surface area contributed by atoms with Gasteiger partial charge in [0.05, 0.1) is 22.4 Å². The van der Waals surface area contributed by atoms with Gasteiger partial charge < -0.3 is 19.5 Å². The van der Waals surface area contributed by atoms with Crippen molar-refractivity contribution in [3.05, 3.63) is 47.7 Å². The van der Waals surface area contributed by atoms with E-state index in [0.29, 0.717) is 42.6 Å². The van der Waals surface area contributed by atoms with Crippen LogP contribution in [0.3, 0.4) is 0 Å². The number of carbonyl (C=O) groups is 1. The van der Waals surface area contributed by atoms with Crippen LogP contribution in [0.2, 0.25) is 0 Å². The van der Waals surface area contributed by atoms with Crippen LogP contribution in [0.25, 0.3) is 32.9 Å². The topological polar surface area (TPSA) is 104 Å². The molecule has 8 rings (SSSR count). The van der Waals surface area contributed by atoms with Gasteiger partial charge in [-0.1, -0.05) is 25.8 Å². The van der Waals surface area contributed by atoms with Crippen LogP contribution < -0.4 is 9.64 Å². The third-order valence-electron chi connectivity index (χ3n) is 11.1. The van der Waals surface area contributed by atoms with E-state index >= 15 is 4.39 Å². The standard InChI is InChI=1S/C38H39F3N6O4/c1-4-27-30(40)9-6-22-12-26(48)13-28(31(22)27)33-32(41)34-29(15-42-33)35(44-37(43-34)50-19-38-10-5-11-46(38)16-23(39)14-38)45-17-24-7-8-25(18-45)47(24)20-51-36(49)21(2)3/h1,6,9,12-13,15,21,23-25,48H,5,7-8,10-11,14,16-20H2,2-3H3/t23-,24?,25?,38+/m1/s1. The molecule has 1 N–H and O–H groups in total. The van der Waals surface area contributed by atoms with Gasteiger partial charge in [-0.3, -0.25) is 19.6 Å². The lowest BCUT2D eigenvalue weighted by Gasteiger charge is -2.41. The molecule has 0 amide bonds. The number of hydrogen-bond acceptors (Lipinski definition) is 10. The van der Waals surface area contributed by atoms with Gasteiger partial charge in [0.15, 0.2) is 5.82 Å². The van der Waals surface area contributed by atoms with E-state index in [1.54, 1.807) is 13.8 Å². The number of pyridine rings is 1. The average Bonchev–Trinajstić information content (AvgIpc) is 3.71. The Kier molecular flexibility index (Phi) is 8.42. The largest absolute Gasteiger partial charge is 0.508 e. The molecule has 4 aliphatic heterocycles. The van der Waals surface area contributed by atoms with Gasteiger partial charge in [-0.2, -0.15) is 9.97 Å². The van der Waals surface area contributed by atoms with E-state index in [4.69, 9.17) is 20.9 Å². The highest BCUT2D eigenvalue weighted by atomic mass is 19.1. The Hall–Kier alpha value is -4.67. The number of piperazine rings is 1. The molecular weight excluding hydrogens is 661 g/mol. The SMILES string of the molecule is C#Cc1c(F)ccc2cc(O)cc(-c3ncc4c(N5CC6CCC(C5)N6COC(=O)C(C)C)nc(OC[C@@]56CCCN5C[C@H](F)C6)nc4c3F)c12. The lowest BCUT2D eigenvalue weighted by Crippen LogP contribution is -2.54. The molecule has 0 radical (unpaired) electrons. The third kappa shape index (κ3) is 5.78. The quantitative estimate of drug-likeness (QED) is 0.185. The molecule has 0 aliphatic carbocycles. The van der Waals surface area contributed by atoms with Crippen LogP contribution in [0, 0.1) is 29.9 Å². The minimum atomic E-state index is -0.950. The second-order valence-corrected chi connectivity index (χ2v) is 14.6. The van der Waals surface area contributed by atoms with E-state index in [1.807, 2.05) is 0 Å². The van der Waals surface area contributed by atoms with Crippen molar-refractivity contribution in [3.8, 4) is 35.4 Å². The predicted molar refractivity (Wildman–Crippen MR) is 185 cm³/mol. The van der Waals surface area contributed by atoms with Gasteiger partial charge in [0.1, 0.15) is 48.1 Å². The van der Waals surface area contributed by atoms with Crippen LogP contribution in [0.15, 0.2) is 30.5 Å². The molecule has 4 saturated heterocycles. The number of anilines is 1. The number of benzene rings is 2. The molecular formula is C38H39F3N6O4. The molecule has 4 aliphatic rings. The van der Waals surface area contributed by atoms with Crippen LogP contribution in [0.5, 0.6) is 11.8 Å². The summed E-state index contributed by atoms with van der Waals surface area (Å²) in [5, 5.41) is 11.6. The van der Waals surface area contributed by atoms with E-state index in [2.05, 4.69) is 30.6 Å². The van der Waals surface area contributed by atoms with Crippen molar-refractivity contribution in [2.45, 2.75) is 69.7 Å². The molecule has 51 heavy (non-hydrogen) atoms. The average molecular weight is 701 g/mol. The normalized spacial score (nSPS) is 24.8. The molecule has 2 aromatic carbocycles. The number of aromatic hydroxyl groups is 1. The number of nitrogens with zero attached hydrogens (tertiary/aromatic N) is 6. The maximum Gasteiger partial charge on any atom is 0.319 e. The first-order chi connectivity index (χ1) is 24.5. The maximum atomic E-state index is 17.0. The van der Waals surface area contributed by atoms with E-state index in [-0.39, 0.29) is 76.8 Å². The van der Waals surface area contributed by atoms with Gasteiger partial charge in [0.2, 0.25) is 0 Å². The fraction of sp³-hybridized carbons (Fsp3) is 0.474. The number of esters is 1. The molecule has 266 valence electrons. The Labute approximate surface area is 293 Å². The Bertz CT molecular complexity index is 2080. The molecule has 0 spiro atoms. The van der Waals surface area contributed by atoms with Crippen molar-refractivity contribution in [1.82, 2.24) is 24.8 Å². The van der Waals surface area contributed by atoms with Crippen LogP contribution >= 0.6 is 0 Å². The minimum absolute atomic E-state index is 0.0474. The molecule has 4 fully saturated rings. The second kappa shape index (κ2) is 12.8. The number of phenolic OH excluding ortho intramolecular Hbond substituents is 1. The Morgan fingerprint density at radius 1 is 1.16 bits per heavy atom. The monoisotopic (exact) mass is 700 g/mol. The third-order valence-corrected chi connectivity index (χ3v) is 11.1. The number of rotatable bonds is 8. The van der Waals surface area contributed by atoms with E-state index in [0.717, 1.165) is 32.2 Å². The van der Waals surface area contributed by atoms with Crippen LogP contribution in [-0.2, 0) is 9.53 Å². The first kappa shape index (κ1) is 33.5. The molecule has 4 aromatic rings. The van der Waals surface area contributed by atoms with Crippen LogP contribution in [0.1, 0.15) is 51.5 Å². The number of alkyl halides is 1. The van der Waals surface area contributed by atoms with Crippen molar-refractivity contribution in [1.29, 1.82) is 0 Å².